The topological polar surface area (TPSA) is 63.6 Å². The molecule has 3 aromatic carbocycles. The van der Waals surface area contributed by atoms with E-state index < -0.39 is 0 Å². The standard InChI is InChI=1S/C25H17FN4O/c1-15-3-4-16(13-27)11-22(15)30-24-20-12-18(17-5-8-19(26)9-6-17)7-10-21(20)28-14-23(24)29(2)25(30)31/h3-12,14H,1-2H3. The predicted octanol–water partition coefficient (Wildman–Crippen LogP) is 4.86. The second kappa shape index (κ2) is 6.92. The highest BCUT2D eigenvalue weighted by molar-refractivity contribution is 6.04. The van der Waals surface area contributed by atoms with Gasteiger partial charge in [-0.1, -0.05) is 24.3 Å². The summed E-state index contributed by atoms with van der Waals surface area (Å²) in [5, 5.41) is 10.2. The molecule has 6 heteroatoms. The van der Waals surface area contributed by atoms with Gasteiger partial charge in [0, 0.05) is 12.4 Å². The average Bonchev–Trinajstić information content (AvgIpc) is 3.05. The van der Waals surface area contributed by atoms with Gasteiger partial charge in [-0.05, 0) is 60.0 Å². The Hall–Kier alpha value is -4.24. The van der Waals surface area contributed by atoms with Crippen molar-refractivity contribution in [2.75, 3.05) is 0 Å². The number of halogens is 1. The van der Waals surface area contributed by atoms with Crippen LogP contribution in [0.5, 0.6) is 0 Å². The first-order valence-electron chi connectivity index (χ1n) is 9.75. The number of fused-ring (bicyclic) bond motifs is 3. The van der Waals surface area contributed by atoms with Crippen LogP contribution in [0.3, 0.4) is 0 Å². The van der Waals surface area contributed by atoms with Crippen LogP contribution in [0.1, 0.15) is 11.1 Å². The molecule has 0 radical (unpaired) electrons. The van der Waals surface area contributed by atoms with E-state index >= 15 is 0 Å². The van der Waals surface area contributed by atoms with Crippen LogP contribution < -0.4 is 5.69 Å². The summed E-state index contributed by atoms with van der Waals surface area (Å²) in [7, 11) is 1.71. The molecule has 5 nitrogen and oxygen atoms in total. The van der Waals surface area contributed by atoms with Crippen molar-refractivity contribution in [3.63, 3.8) is 0 Å². The van der Waals surface area contributed by atoms with Gasteiger partial charge in [-0.25, -0.2) is 9.18 Å². The molecule has 0 bridgehead atoms. The molecule has 0 unspecified atom stereocenters. The summed E-state index contributed by atoms with van der Waals surface area (Å²) < 4.78 is 16.6. The maximum Gasteiger partial charge on any atom is 0.333 e. The first-order valence-corrected chi connectivity index (χ1v) is 9.75. The van der Waals surface area contributed by atoms with Crippen molar-refractivity contribution >= 4 is 21.9 Å². The normalized spacial score (nSPS) is 11.2. The van der Waals surface area contributed by atoms with Gasteiger partial charge < -0.3 is 0 Å². The lowest BCUT2D eigenvalue weighted by molar-refractivity contribution is 0.628. The Morgan fingerprint density at radius 3 is 2.48 bits per heavy atom. The molecule has 5 aromatic rings. The van der Waals surface area contributed by atoms with Gasteiger partial charge in [-0.2, -0.15) is 5.26 Å². The zero-order chi connectivity index (χ0) is 21.7. The van der Waals surface area contributed by atoms with Crippen molar-refractivity contribution in [2.24, 2.45) is 7.05 Å². The Labute approximate surface area is 177 Å². The third-order valence-electron chi connectivity index (χ3n) is 5.64. The number of pyridine rings is 1. The van der Waals surface area contributed by atoms with Gasteiger partial charge in [-0.3, -0.25) is 14.1 Å². The van der Waals surface area contributed by atoms with Gasteiger partial charge >= 0.3 is 5.69 Å². The number of benzene rings is 3. The van der Waals surface area contributed by atoms with E-state index in [-0.39, 0.29) is 11.5 Å². The molecule has 0 saturated heterocycles. The highest BCUT2D eigenvalue weighted by Crippen LogP contribution is 2.30. The predicted molar refractivity (Wildman–Crippen MR) is 119 cm³/mol. The molecular formula is C25H17FN4O. The fourth-order valence-electron chi connectivity index (χ4n) is 3.96. The third-order valence-corrected chi connectivity index (χ3v) is 5.64. The maximum atomic E-state index is 13.4. The summed E-state index contributed by atoms with van der Waals surface area (Å²) in [6.45, 7) is 1.91. The maximum absolute atomic E-state index is 13.4. The van der Waals surface area contributed by atoms with Crippen LogP contribution in [0.2, 0.25) is 0 Å². The molecule has 0 aliphatic heterocycles. The zero-order valence-electron chi connectivity index (χ0n) is 16.9. The molecular weight excluding hydrogens is 391 g/mol. The number of imidazole rings is 1. The molecule has 5 rings (SSSR count). The molecule has 150 valence electrons. The monoisotopic (exact) mass is 408 g/mol. The number of rotatable bonds is 2. The van der Waals surface area contributed by atoms with E-state index in [1.54, 1.807) is 46.6 Å². The summed E-state index contributed by atoms with van der Waals surface area (Å²) in [5.41, 5.74) is 5.73. The highest BCUT2D eigenvalue weighted by Gasteiger charge is 2.18. The lowest BCUT2D eigenvalue weighted by Gasteiger charge is -2.10. The molecule has 31 heavy (non-hydrogen) atoms. The van der Waals surface area contributed by atoms with E-state index in [2.05, 4.69) is 11.1 Å². The van der Waals surface area contributed by atoms with Crippen LogP contribution in [0.15, 0.2) is 71.7 Å². The van der Waals surface area contributed by atoms with Crippen molar-refractivity contribution < 1.29 is 4.39 Å². The van der Waals surface area contributed by atoms with Crippen molar-refractivity contribution in [2.45, 2.75) is 6.92 Å². The van der Waals surface area contributed by atoms with E-state index in [0.717, 1.165) is 33.1 Å². The minimum Gasteiger partial charge on any atom is -0.293 e. The molecule has 0 aliphatic rings. The summed E-state index contributed by atoms with van der Waals surface area (Å²) in [6.07, 6.45) is 1.69. The molecule has 0 fully saturated rings. The van der Waals surface area contributed by atoms with Gasteiger partial charge in [0.1, 0.15) is 5.82 Å². The average molecular weight is 408 g/mol. The molecule has 0 amide bonds. The number of aryl methyl sites for hydroxylation is 2. The minimum absolute atomic E-state index is 0.213. The van der Waals surface area contributed by atoms with E-state index in [0.29, 0.717) is 16.8 Å². The Bertz CT molecular complexity index is 1590. The first kappa shape index (κ1) is 18.8. The molecule has 0 spiro atoms. The SMILES string of the molecule is Cc1ccc(C#N)cc1-n1c(=O)n(C)c2cnc3ccc(-c4ccc(F)cc4)cc3c21. The summed E-state index contributed by atoms with van der Waals surface area (Å²) in [6, 6.07) is 19.5. The van der Waals surface area contributed by atoms with Crippen molar-refractivity contribution in [1.29, 1.82) is 5.26 Å². The first-order chi connectivity index (χ1) is 15.0. The van der Waals surface area contributed by atoms with Crippen LogP contribution in [0.4, 0.5) is 4.39 Å². The van der Waals surface area contributed by atoms with Crippen molar-refractivity contribution in [1.82, 2.24) is 14.1 Å². The van der Waals surface area contributed by atoms with Gasteiger partial charge in [0.15, 0.2) is 0 Å². The largest absolute Gasteiger partial charge is 0.333 e. The van der Waals surface area contributed by atoms with Crippen LogP contribution in [0.25, 0.3) is 38.8 Å². The molecule has 2 heterocycles. The van der Waals surface area contributed by atoms with Gasteiger partial charge in [0.05, 0.1) is 40.1 Å². The molecule has 2 aromatic heterocycles. The number of nitriles is 1. The van der Waals surface area contributed by atoms with E-state index in [4.69, 9.17) is 0 Å². The van der Waals surface area contributed by atoms with Gasteiger partial charge in [-0.15, -0.1) is 0 Å². The molecule has 0 N–H and O–H groups in total. The number of nitrogens with zero attached hydrogens (tertiary/aromatic N) is 4. The van der Waals surface area contributed by atoms with Gasteiger partial charge in [0.2, 0.25) is 0 Å². The fourth-order valence-corrected chi connectivity index (χ4v) is 3.96. The number of hydrogen-bond donors (Lipinski definition) is 0. The molecule has 0 saturated carbocycles. The van der Waals surface area contributed by atoms with Crippen molar-refractivity contribution in [3.8, 4) is 22.9 Å². The minimum atomic E-state index is -0.293. The summed E-state index contributed by atoms with van der Waals surface area (Å²) >= 11 is 0. The van der Waals surface area contributed by atoms with Gasteiger partial charge in [0.25, 0.3) is 0 Å². The lowest BCUT2D eigenvalue weighted by Crippen LogP contribution is -2.21. The smallest absolute Gasteiger partial charge is 0.293 e. The van der Waals surface area contributed by atoms with E-state index in [1.165, 1.54) is 12.1 Å². The summed E-state index contributed by atoms with van der Waals surface area (Å²) in [4.78, 5) is 17.8. The van der Waals surface area contributed by atoms with Crippen LogP contribution in [-0.2, 0) is 7.05 Å². The number of aromatic nitrogens is 3. The third kappa shape index (κ3) is 2.90. The molecule has 0 aliphatic carbocycles. The van der Waals surface area contributed by atoms with Crippen LogP contribution in [0, 0.1) is 24.1 Å². The second-order valence-corrected chi connectivity index (χ2v) is 7.52. The van der Waals surface area contributed by atoms with Crippen LogP contribution in [-0.4, -0.2) is 14.1 Å². The number of hydrogen-bond acceptors (Lipinski definition) is 3. The van der Waals surface area contributed by atoms with Crippen molar-refractivity contribution in [3.05, 3.63) is 94.3 Å². The Morgan fingerprint density at radius 2 is 1.74 bits per heavy atom. The van der Waals surface area contributed by atoms with Crippen LogP contribution >= 0.6 is 0 Å². The Kier molecular flexibility index (Phi) is 4.19. The Balaban J connectivity index is 1.89. The quantitative estimate of drug-likeness (QED) is 0.419. The zero-order valence-corrected chi connectivity index (χ0v) is 16.9. The lowest BCUT2D eigenvalue weighted by atomic mass is 10.0. The van der Waals surface area contributed by atoms with E-state index in [1.807, 2.05) is 31.2 Å². The highest BCUT2D eigenvalue weighted by atomic mass is 19.1. The summed E-state index contributed by atoms with van der Waals surface area (Å²) in [5.74, 6) is -0.293. The Morgan fingerprint density at radius 1 is 1.00 bits per heavy atom. The second-order valence-electron chi connectivity index (χ2n) is 7.52. The van der Waals surface area contributed by atoms with E-state index in [9.17, 15) is 14.4 Å². The fraction of sp³-hybridized carbons (Fsp3) is 0.0800. The molecule has 0 atom stereocenters.